The highest BCUT2D eigenvalue weighted by molar-refractivity contribution is 5.80. The predicted molar refractivity (Wildman–Crippen MR) is 99.7 cm³/mol. The molecule has 2 aromatic rings. The van der Waals surface area contributed by atoms with Gasteiger partial charge in [0, 0.05) is 37.6 Å². The van der Waals surface area contributed by atoms with E-state index >= 15 is 0 Å². The van der Waals surface area contributed by atoms with Crippen molar-refractivity contribution in [2.24, 2.45) is 0 Å². The van der Waals surface area contributed by atoms with Crippen LogP contribution in [0.4, 0.5) is 0 Å². The van der Waals surface area contributed by atoms with Crippen LogP contribution >= 0.6 is 0 Å². The maximum Gasteiger partial charge on any atom is 0.245 e. The molecule has 1 amide bonds. The van der Waals surface area contributed by atoms with Crippen molar-refractivity contribution in [3.8, 4) is 0 Å². The largest absolute Gasteiger partial charge is 0.372 e. The van der Waals surface area contributed by atoms with Gasteiger partial charge in [-0.1, -0.05) is 19.9 Å². The molecule has 3 rings (SSSR count). The first-order valence-corrected chi connectivity index (χ1v) is 9.39. The Kier molecular flexibility index (Phi) is 6.04. The Balaban J connectivity index is 1.51. The van der Waals surface area contributed by atoms with E-state index in [1.54, 1.807) is 12.4 Å². The molecule has 0 bridgehead atoms. The summed E-state index contributed by atoms with van der Waals surface area (Å²) in [7, 11) is 0. The molecule has 0 N–H and O–H groups in total. The van der Waals surface area contributed by atoms with E-state index in [1.165, 1.54) is 0 Å². The van der Waals surface area contributed by atoms with Crippen molar-refractivity contribution in [3.05, 3.63) is 48.3 Å². The molecule has 0 spiro atoms. The average Bonchev–Trinajstić information content (AvgIpc) is 3.16. The number of aromatic nitrogens is 3. The van der Waals surface area contributed by atoms with E-state index in [-0.39, 0.29) is 18.1 Å². The van der Waals surface area contributed by atoms with Crippen LogP contribution in [0.25, 0.3) is 0 Å². The van der Waals surface area contributed by atoms with Crippen LogP contribution in [0.2, 0.25) is 0 Å². The lowest BCUT2D eigenvalue weighted by molar-refractivity contribution is -0.137. The molecule has 2 aromatic heterocycles. The van der Waals surface area contributed by atoms with Crippen molar-refractivity contribution in [2.75, 3.05) is 13.1 Å². The number of pyridine rings is 1. The van der Waals surface area contributed by atoms with Gasteiger partial charge in [-0.3, -0.25) is 9.78 Å². The summed E-state index contributed by atoms with van der Waals surface area (Å²) < 4.78 is 7.96. The van der Waals surface area contributed by atoms with Gasteiger partial charge in [-0.05, 0) is 31.9 Å². The number of piperidine rings is 1. The van der Waals surface area contributed by atoms with Gasteiger partial charge in [0.05, 0.1) is 18.4 Å². The molecule has 0 unspecified atom stereocenters. The number of likely N-dealkylation sites (tertiary alicyclic amines) is 1. The molecule has 0 aliphatic carbocycles. The van der Waals surface area contributed by atoms with Crippen LogP contribution < -0.4 is 0 Å². The number of ether oxygens (including phenoxy) is 1. The zero-order valence-electron chi connectivity index (χ0n) is 15.8. The van der Waals surface area contributed by atoms with Crippen molar-refractivity contribution in [2.45, 2.75) is 58.3 Å². The van der Waals surface area contributed by atoms with Crippen molar-refractivity contribution in [1.29, 1.82) is 0 Å². The first kappa shape index (κ1) is 18.6. The molecule has 1 fully saturated rings. The predicted octanol–water partition coefficient (Wildman–Crippen LogP) is 3.17. The summed E-state index contributed by atoms with van der Waals surface area (Å²) >= 11 is 0. The minimum atomic E-state index is -0.221. The van der Waals surface area contributed by atoms with Gasteiger partial charge in [0.25, 0.3) is 0 Å². The number of hydrogen-bond acceptors (Lipinski definition) is 4. The van der Waals surface area contributed by atoms with Crippen molar-refractivity contribution < 1.29 is 9.53 Å². The van der Waals surface area contributed by atoms with Crippen LogP contribution in [0.3, 0.4) is 0 Å². The highest BCUT2D eigenvalue weighted by Crippen LogP contribution is 2.22. The van der Waals surface area contributed by atoms with E-state index in [0.29, 0.717) is 12.5 Å². The van der Waals surface area contributed by atoms with E-state index in [4.69, 9.17) is 4.74 Å². The van der Waals surface area contributed by atoms with Crippen LogP contribution in [0.5, 0.6) is 0 Å². The van der Waals surface area contributed by atoms with Gasteiger partial charge < -0.3 is 14.2 Å². The second-order valence-corrected chi connectivity index (χ2v) is 7.18. The SMILES string of the molecule is CC(C)c1nccn1[C@H](C)C(=O)N1CCC(OCc2ccccn2)CC1. The maximum absolute atomic E-state index is 12.9. The molecule has 1 aliphatic heterocycles. The fourth-order valence-electron chi connectivity index (χ4n) is 3.41. The summed E-state index contributed by atoms with van der Waals surface area (Å²) in [6.07, 6.45) is 7.38. The lowest BCUT2D eigenvalue weighted by Gasteiger charge is -2.34. The van der Waals surface area contributed by atoms with Crippen LogP contribution in [0.15, 0.2) is 36.8 Å². The quantitative estimate of drug-likeness (QED) is 0.798. The molecule has 1 aliphatic rings. The lowest BCUT2D eigenvalue weighted by Crippen LogP contribution is -2.43. The molecule has 1 saturated heterocycles. The van der Waals surface area contributed by atoms with Gasteiger partial charge >= 0.3 is 0 Å². The Bertz CT molecular complexity index is 706. The summed E-state index contributed by atoms with van der Waals surface area (Å²) in [6, 6.07) is 5.62. The fourth-order valence-corrected chi connectivity index (χ4v) is 3.41. The van der Waals surface area contributed by atoms with Gasteiger partial charge in [0.2, 0.25) is 5.91 Å². The maximum atomic E-state index is 12.9. The van der Waals surface area contributed by atoms with Gasteiger partial charge in [0.15, 0.2) is 0 Å². The summed E-state index contributed by atoms with van der Waals surface area (Å²) in [6.45, 7) is 8.16. The second kappa shape index (κ2) is 8.45. The van der Waals surface area contributed by atoms with Gasteiger partial charge in [-0.25, -0.2) is 4.98 Å². The van der Waals surface area contributed by atoms with Crippen molar-refractivity contribution in [1.82, 2.24) is 19.4 Å². The monoisotopic (exact) mass is 356 g/mol. The standard InChI is InChI=1S/C20H28N4O2/c1-15(2)19-22-10-13-24(19)16(3)20(25)23-11-7-18(8-12-23)26-14-17-6-4-5-9-21-17/h4-6,9-10,13,15-16,18H,7-8,11-12,14H2,1-3H3/t16-/m1/s1. The van der Waals surface area contributed by atoms with E-state index in [2.05, 4.69) is 23.8 Å². The Hall–Kier alpha value is -2.21. The molecular weight excluding hydrogens is 328 g/mol. The summed E-state index contributed by atoms with van der Waals surface area (Å²) in [5, 5.41) is 0. The molecule has 6 nitrogen and oxygen atoms in total. The zero-order chi connectivity index (χ0) is 18.5. The van der Waals surface area contributed by atoms with Gasteiger partial charge in [-0.2, -0.15) is 0 Å². The first-order chi connectivity index (χ1) is 12.6. The highest BCUT2D eigenvalue weighted by Gasteiger charge is 2.28. The number of rotatable bonds is 6. The normalized spacial score (nSPS) is 16.8. The third-order valence-corrected chi connectivity index (χ3v) is 4.94. The minimum absolute atomic E-state index is 0.160. The minimum Gasteiger partial charge on any atom is -0.372 e. The third kappa shape index (κ3) is 4.30. The molecular formula is C20H28N4O2. The molecule has 0 saturated carbocycles. The van der Waals surface area contributed by atoms with Gasteiger partial charge in [-0.15, -0.1) is 0 Å². The van der Waals surface area contributed by atoms with Crippen molar-refractivity contribution >= 4 is 5.91 Å². The number of nitrogens with zero attached hydrogens (tertiary/aromatic N) is 4. The van der Waals surface area contributed by atoms with E-state index in [0.717, 1.165) is 37.4 Å². The molecule has 0 radical (unpaired) electrons. The Morgan fingerprint density at radius 1 is 1.19 bits per heavy atom. The lowest BCUT2D eigenvalue weighted by atomic mass is 10.1. The third-order valence-electron chi connectivity index (χ3n) is 4.94. The molecule has 140 valence electrons. The van der Waals surface area contributed by atoms with Crippen LogP contribution in [0.1, 0.15) is 57.1 Å². The van der Waals surface area contributed by atoms with Crippen LogP contribution in [0, 0.1) is 0 Å². The van der Waals surface area contributed by atoms with E-state index in [9.17, 15) is 4.79 Å². The first-order valence-electron chi connectivity index (χ1n) is 9.39. The highest BCUT2D eigenvalue weighted by atomic mass is 16.5. The van der Waals surface area contributed by atoms with E-state index in [1.807, 2.05) is 40.8 Å². The molecule has 1 atom stereocenters. The zero-order valence-corrected chi connectivity index (χ0v) is 15.8. The van der Waals surface area contributed by atoms with Crippen molar-refractivity contribution in [3.63, 3.8) is 0 Å². The van der Waals surface area contributed by atoms with Crippen LogP contribution in [-0.4, -0.2) is 44.5 Å². The number of carbonyl (C=O) groups is 1. The smallest absolute Gasteiger partial charge is 0.245 e. The second-order valence-electron chi connectivity index (χ2n) is 7.18. The molecule has 3 heterocycles. The number of hydrogen-bond donors (Lipinski definition) is 0. The number of carbonyl (C=O) groups excluding carboxylic acids is 1. The summed E-state index contributed by atoms with van der Waals surface area (Å²) in [5.74, 6) is 1.42. The fraction of sp³-hybridized carbons (Fsp3) is 0.550. The summed E-state index contributed by atoms with van der Waals surface area (Å²) in [4.78, 5) is 23.5. The van der Waals surface area contributed by atoms with E-state index < -0.39 is 0 Å². The number of amides is 1. The topological polar surface area (TPSA) is 60.2 Å². The number of imidazole rings is 1. The Labute approximate surface area is 155 Å². The average molecular weight is 356 g/mol. The van der Waals surface area contributed by atoms with Gasteiger partial charge in [0.1, 0.15) is 11.9 Å². The molecule has 6 heteroatoms. The van der Waals surface area contributed by atoms with Crippen LogP contribution in [-0.2, 0) is 16.1 Å². The Morgan fingerprint density at radius 2 is 1.96 bits per heavy atom. The molecule has 0 aromatic carbocycles. The summed E-state index contributed by atoms with van der Waals surface area (Å²) in [5.41, 5.74) is 0.945. The molecule has 26 heavy (non-hydrogen) atoms. The Morgan fingerprint density at radius 3 is 2.62 bits per heavy atom.